The van der Waals surface area contributed by atoms with E-state index < -0.39 is 44.1 Å². The molecule has 10 nitrogen and oxygen atoms in total. The summed E-state index contributed by atoms with van der Waals surface area (Å²) >= 11 is 0. The van der Waals surface area contributed by atoms with Gasteiger partial charge in [0.25, 0.3) is 10.0 Å². The molecule has 39 heavy (non-hydrogen) atoms. The third kappa shape index (κ3) is 6.36. The molecule has 3 aromatic rings. The number of nitrogens with zero attached hydrogens (tertiary/aromatic N) is 2. The second-order valence-corrected chi connectivity index (χ2v) is 12.2. The lowest BCUT2D eigenvalue weighted by Crippen LogP contribution is -2.40. The summed E-state index contributed by atoms with van der Waals surface area (Å²) in [5.74, 6) is -1.98. The van der Waals surface area contributed by atoms with Crippen LogP contribution >= 0.6 is 0 Å². The Morgan fingerprint density at radius 2 is 1.49 bits per heavy atom. The van der Waals surface area contributed by atoms with E-state index in [1.54, 1.807) is 0 Å². The van der Waals surface area contributed by atoms with Crippen LogP contribution in [0.3, 0.4) is 0 Å². The molecule has 1 aliphatic rings. The summed E-state index contributed by atoms with van der Waals surface area (Å²) in [6, 6.07) is 12.4. The van der Waals surface area contributed by atoms with Crippen LogP contribution in [0, 0.1) is 11.6 Å². The van der Waals surface area contributed by atoms with Crippen molar-refractivity contribution in [2.24, 2.45) is 0 Å². The Balaban J connectivity index is 1.65. The maximum absolute atomic E-state index is 13.6. The number of nitrogens with one attached hydrogen (secondary N) is 1. The molecular weight excluding hydrogens is 556 g/mol. The Hall–Kier alpha value is -3.59. The maximum atomic E-state index is 13.6. The predicted octanol–water partition coefficient (Wildman–Crippen LogP) is 2.83. The summed E-state index contributed by atoms with van der Waals surface area (Å²) in [5.41, 5.74) is -0.0263. The molecule has 208 valence electrons. The SMILES string of the molecule is COc1ccc(S(=O)(=O)N2CCOCC2)cc1NC(=O)CN(c1ccc(F)cc1)S(=O)(=O)c1ccc(F)cc1. The lowest BCUT2D eigenvalue weighted by atomic mass is 10.3. The molecule has 0 bridgehead atoms. The number of sulfonamides is 2. The highest BCUT2D eigenvalue weighted by Gasteiger charge is 2.29. The molecule has 1 N–H and O–H groups in total. The molecule has 0 aliphatic carbocycles. The molecule has 1 amide bonds. The van der Waals surface area contributed by atoms with Crippen molar-refractivity contribution in [1.29, 1.82) is 0 Å². The van der Waals surface area contributed by atoms with Gasteiger partial charge < -0.3 is 14.8 Å². The van der Waals surface area contributed by atoms with Gasteiger partial charge in [-0.15, -0.1) is 0 Å². The molecule has 1 aliphatic heterocycles. The van der Waals surface area contributed by atoms with Crippen LogP contribution in [0.2, 0.25) is 0 Å². The number of hydrogen-bond acceptors (Lipinski definition) is 7. The average Bonchev–Trinajstić information content (AvgIpc) is 2.93. The molecule has 0 aromatic heterocycles. The minimum Gasteiger partial charge on any atom is -0.495 e. The van der Waals surface area contributed by atoms with Crippen LogP contribution < -0.4 is 14.4 Å². The van der Waals surface area contributed by atoms with Gasteiger partial charge in [-0.3, -0.25) is 9.10 Å². The number of carbonyl (C=O) groups excluding carboxylic acids is 1. The van der Waals surface area contributed by atoms with E-state index in [1.165, 1.54) is 41.7 Å². The number of morpholine rings is 1. The smallest absolute Gasteiger partial charge is 0.264 e. The van der Waals surface area contributed by atoms with Crippen LogP contribution in [0.25, 0.3) is 0 Å². The Morgan fingerprint density at radius 3 is 2.08 bits per heavy atom. The molecule has 14 heteroatoms. The molecule has 0 atom stereocenters. The highest BCUT2D eigenvalue weighted by Crippen LogP contribution is 2.30. The summed E-state index contributed by atoms with van der Waals surface area (Å²) in [6.07, 6.45) is 0. The van der Waals surface area contributed by atoms with Gasteiger partial charge in [0.1, 0.15) is 23.9 Å². The van der Waals surface area contributed by atoms with Crippen LogP contribution in [0.4, 0.5) is 20.2 Å². The van der Waals surface area contributed by atoms with Crippen molar-refractivity contribution in [3.05, 3.63) is 78.4 Å². The summed E-state index contributed by atoms with van der Waals surface area (Å²) < 4.78 is 92.5. The van der Waals surface area contributed by atoms with Crippen LogP contribution in [0.1, 0.15) is 0 Å². The van der Waals surface area contributed by atoms with Crippen molar-refractivity contribution in [3.63, 3.8) is 0 Å². The zero-order valence-electron chi connectivity index (χ0n) is 20.7. The molecule has 3 aromatic carbocycles. The van der Waals surface area contributed by atoms with Crippen LogP contribution in [0.5, 0.6) is 5.75 Å². The van der Waals surface area contributed by atoms with E-state index in [2.05, 4.69) is 5.32 Å². The molecule has 1 fully saturated rings. The minimum absolute atomic E-state index is 0.00456. The second kappa shape index (κ2) is 11.7. The van der Waals surface area contributed by atoms with E-state index in [9.17, 15) is 30.4 Å². The topological polar surface area (TPSA) is 122 Å². The highest BCUT2D eigenvalue weighted by atomic mass is 32.2. The maximum Gasteiger partial charge on any atom is 0.264 e. The van der Waals surface area contributed by atoms with Gasteiger partial charge in [0, 0.05) is 13.1 Å². The zero-order chi connectivity index (χ0) is 28.2. The van der Waals surface area contributed by atoms with E-state index in [-0.39, 0.29) is 53.2 Å². The molecule has 1 saturated heterocycles. The Bertz CT molecular complexity index is 1540. The molecule has 0 saturated carbocycles. The Morgan fingerprint density at radius 1 is 0.923 bits per heavy atom. The molecule has 0 spiro atoms. The fraction of sp³-hybridized carbons (Fsp3) is 0.240. The fourth-order valence-electron chi connectivity index (χ4n) is 3.86. The quantitative estimate of drug-likeness (QED) is 0.412. The number of halogens is 2. The van der Waals surface area contributed by atoms with Crippen molar-refractivity contribution in [2.75, 3.05) is 49.6 Å². The van der Waals surface area contributed by atoms with Gasteiger partial charge in [0.05, 0.1) is 41.5 Å². The van der Waals surface area contributed by atoms with E-state index in [0.29, 0.717) is 0 Å². The van der Waals surface area contributed by atoms with E-state index in [1.807, 2.05) is 0 Å². The van der Waals surface area contributed by atoms with Gasteiger partial charge in [-0.25, -0.2) is 25.6 Å². The predicted molar refractivity (Wildman–Crippen MR) is 139 cm³/mol. The summed E-state index contributed by atoms with van der Waals surface area (Å²) in [6.45, 7) is 0.0737. The number of anilines is 2. The van der Waals surface area contributed by atoms with Crippen molar-refractivity contribution in [3.8, 4) is 5.75 Å². The number of hydrogen-bond donors (Lipinski definition) is 1. The normalized spacial score (nSPS) is 14.5. The third-order valence-electron chi connectivity index (χ3n) is 5.86. The monoisotopic (exact) mass is 581 g/mol. The standard InChI is InChI=1S/C25H25F2N3O7S2/c1-36-24-11-10-22(38(32,33)29-12-14-37-15-13-29)16-23(24)28-25(31)17-30(20-6-2-18(26)3-7-20)39(34,35)21-8-4-19(27)5-9-21/h2-11,16H,12-15,17H2,1H3,(H,28,31). The van der Waals surface area contributed by atoms with Crippen LogP contribution in [0.15, 0.2) is 76.5 Å². The fourth-order valence-corrected chi connectivity index (χ4v) is 6.71. The number of carbonyl (C=O) groups is 1. The first-order valence-corrected chi connectivity index (χ1v) is 14.5. The number of ether oxygens (including phenoxy) is 2. The Labute approximate surface area is 224 Å². The third-order valence-corrected chi connectivity index (χ3v) is 9.54. The van der Waals surface area contributed by atoms with Gasteiger partial charge in [-0.2, -0.15) is 4.31 Å². The van der Waals surface area contributed by atoms with Gasteiger partial charge in [0.2, 0.25) is 15.9 Å². The number of rotatable bonds is 9. The lowest BCUT2D eigenvalue weighted by Gasteiger charge is -2.26. The molecule has 4 rings (SSSR count). The van der Waals surface area contributed by atoms with Crippen molar-refractivity contribution >= 4 is 37.3 Å². The Kier molecular flexibility index (Phi) is 8.49. The molecular formula is C25H25F2N3O7S2. The summed E-state index contributed by atoms with van der Waals surface area (Å²) in [5, 5.41) is 2.51. The average molecular weight is 582 g/mol. The van der Waals surface area contributed by atoms with Gasteiger partial charge in [-0.1, -0.05) is 0 Å². The lowest BCUT2D eigenvalue weighted by molar-refractivity contribution is -0.114. The largest absolute Gasteiger partial charge is 0.495 e. The van der Waals surface area contributed by atoms with Gasteiger partial charge in [0.15, 0.2) is 0 Å². The highest BCUT2D eigenvalue weighted by molar-refractivity contribution is 7.92. The summed E-state index contributed by atoms with van der Waals surface area (Å²) in [7, 11) is -6.97. The number of amides is 1. The number of methoxy groups -OCH3 is 1. The van der Waals surface area contributed by atoms with Crippen molar-refractivity contribution < 1.29 is 39.9 Å². The minimum atomic E-state index is -4.39. The van der Waals surface area contributed by atoms with E-state index in [0.717, 1.165) is 40.7 Å². The molecule has 0 radical (unpaired) electrons. The van der Waals surface area contributed by atoms with Crippen LogP contribution in [-0.4, -0.2) is 67.0 Å². The number of benzene rings is 3. The van der Waals surface area contributed by atoms with Crippen LogP contribution in [-0.2, 0) is 29.6 Å². The van der Waals surface area contributed by atoms with E-state index >= 15 is 0 Å². The first-order chi connectivity index (χ1) is 18.5. The second-order valence-electron chi connectivity index (χ2n) is 8.37. The van der Waals surface area contributed by atoms with Gasteiger partial charge in [-0.05, 0) is 66.7 Å². The van der Waals surface area contributed by atoms with Crippen molar-refractivity contribution in [1.82, 2.24) is 4.31 Å². The summed E-state index contributed by atoms with van der Waals surface area (Å²) in [4.78, 5) is 12.7. The zero-order valence-corrected chi connectivity index (χ0v) is 22.3. The first kappa shape index (κ1) is 28.4. The van der Waals surface area contributed by atoms with E-state index in [4.69, 9.17) is 9.47 Å². The van der Waals surface area contributed by atoms with Crippen molar-refractivity contribution in [2.45, 2.75) is 9.79 Å². The first-order valence-electron chi connectivity index (χ1n) is 11.6. The van der Waals surface area contributed by atoms with Gasteiger partial charge >= 0.3 is 0 Å². The molecule has 0 unspecified atom stereocenters. The molecule has 1 heterocycles.